The third-order valence-electron chi connectivity index (χ3n) is 0.608. The summed E-state index contributed by atoms with van der Waals surface area (Å²) in [4.78, 5) is 30.4. The molecule has 0 aromatic rings. The van der Waals surface area contributed by atoms with Gasteiger partial charge in [0.05, 0.1) is 7.11 Å². The number of methoxy groups -OCH3 is 1. The maximum atomic E-state index is 10.3. The van der Waals surface area contributed by atoms with Crippen molar-refractivity contribution >= 4 is 17.9 Å². The van der Waals surface area contributed by atoms with E-state index in [2.05, 4.69) is 10.5 Å². The summed E-state index contributed by atoms with van der Waals surface area (Å²) >= 11 is 0. The van der Waals surface area contributed by atoms with Gasteiger partial charge in [0.25, 0.3) is 0 Å². The molecule has 56 valence electrons. The Kier molecular flexibility index (Phi) is 2.89. The molecule has 0 heterocycles. The zero-order valence-corrected chi connectivity index (χ0v) is 5.21. The Morgan fingerprint density at radius 1 is 1.40 bits per heavy atom. The molecule has 6 heteroatoms. The fraction of sp³-hybridized carbons (Fsp3) is 0.250. The third kappa shape index (κ3) is 2.65. The number of carbonyl (C=O) groups excluding carboxylic acids is 3. The van der Waals surface area contributed by atoms with Gasteiger partial charge in [-0.1, -0.05) is 0 Å². The molecule has 0 atom stereocenters. The number of primary amides is 1. The van der Waals surface area contributed by atoms with Crippen LogP contribution in [0.25, 0.3) is 0 Å². The fourth-order valence-electron chi connectivity index (χ4n) is 0.256. The van der Waals surface area contributed by atoms with Crippen LogP contribution >= 0.6 is 0 Å². The number of urea groups is 1. The average Bonchev–Trinajstić information content (AvgIpc) is 1.85. The van der Waals surface area contributed by atoms with Crippen molar-refractivity contribution in [2.24, 2.45) is 5.73 Å². The van der Waals surface area contributed by atoms with Crippen molar-refractivity contribution < 1.29 is 19.1 Å². The average molecular weight is 146 g/mol. The van der Waals surface area contributed by atoms with E-state index in [4.69, 9.17) is 0 Å². The van der Waals surface area contributed by atoms with Crippen molar-refractivity contribution in [2.75, 3.05) is 7.11 Å². The fourth-order valence-corrected chi connectivity index (χ4v) is 0.256. The molecule has 0 aliphatic carbocycles. The van der Waals surface area contributed by atoms with E-state index < -0.39 is 17.9 Å². The number of nitrogens with one attached hydrogen (secondary N) is 1. The van der Waals surface area contributed by atoms with Crippen LogP contribution in [0.2, 0.25) is 0 Å². The largest absolute Gasteiger partial charge is 0.462 e. The lowest BCUT2D eigenvalue weighted by molar-refractivity contribution is -0.152. The minimum Gasteiger partial charge on any atom is -0.462 e. The van der Waals surface area contributed by atoms with E-state index in [0.29, 0.717) is 0 Å². The van der Waals surface area contributed by atoms with Gasteiger partial charge in [0, 0.05) is 0 Å². The maximum Gasteiger partial charge on any atom is 0.397 e. The second-order valence-corrected chi connectivity index (χ2v) is 1.31. The van der Waals surface area contributed by atoms with Crippen LogP contribution in [0.1, 0.15) is 0 Å². The van der Waals surface area contributed by atoms with Crippen LogP contribution in [-0.2, 0) is 14.3 Å². The van der Waals surface area contributed by atoms with Crippen LogP contribution in [0, 0.1) is 0 Å². The zero-order chi connectivity index (χ0) is 8.15. The maximum absolute atomic E-state index is 10.3. The predicted octanol–water partition coefficient (Wildman–Crippen LogP) is -1.65. The number of nitrogens with two attached hydrogens (primary N) is 1. The number of hydrogen-bond donors (Lipinski definition) is 2. The van der Waals surface area contributed by atoms with Crippen LogP contribution in [0.5, 0.6) is 0 Å². The quantitative estimate of drug-likeness (QED) is 0.316. The second kappa shape index (κ2) is 3.44. The van der Waals surface area contributed by atoms with Gasteiger partial charge in [-0.05, 0) is 0 Å². The topological polar surface area (TPSA) is 98.5 Å². The molecule has 0 saturated heterocycles. The number of esters is 1. The van der Waals surface area contributed by atoms with Crippen molar-refractivity contribution in [1.29, 1.82) is 0 Å². The Labute approximate surface area is 56.3 Å². The van der Waals surface area contributed by atoms with Gasteiger partial charge in [0.2, 0.25) is 0 Å². The number of rotatable bonds is 0. The minimum absolute atomic E-state index is 1.02. The van der Waals surface area contributed by atoms with Gasteiger partial charge in [0.1, 0.15) is 0 Å². The van der Waals surface area contributed by atoms with Gasteiger partial charge >= 0.3 is 17.9 Å². The summed E-state index contributed by atoms with van der Waals surface area (Å²) in [6, 6.07) is -1.09. The molecule has 0 rings (SSSR count). The molecule has 10 heavy (non-hydrogen) atoms. The highest BCUT2D eigenvalue weighted by Gasteiger charge is 2.14. The van der Waals surface area contributed by atoms with E-state index >= 15 is 0 Å². The molecule has 0 unspecified atom stereocenters. The molecular formula is C4H6N2O4. The molecule has 6 nitrogen and oxygen atoms in total. The molecule has 0 bridgehead atoms. The van der Waals surface area contributed by atoms with Crippen LogP contribution in [0.4, 0.5) is 4.79 Å². The summed E-state index contributed by atoms with van der Waals surface area (Å²) in [7, 11) is 1.02. The normalized spacial score (nSPS) is 8.10. The van der Waals surface area contributed by atoms with Gasteiger partial charge in [-0.15, -0.1) is 0 Å². The van der Waals surface area contributed by atoms with Gasteiger partial charge in [-0.3, -0.25) is 10.1 Å². The lowest BCUT2D eigenvalue weighted by Crippen LogP contribution is -2.39. The Morgan fingerprint density at radius 2 is 1.90 bits per heavy atom. The summed E-state index contributed by atoms with van der Waals surface area (Å²) in [6.07, 6.45) is 0. The Bertz CT molecular complexity index is 176. The molecule has 0 spiro atoms. The van der Waals surface area contributed by atoms with Gasteiger partial charge in [0.15, 0.2) is 0 Å². The van der Waals surface area contributed by atoms with Gasteiger partial charge in [-0.2, -0.15) is 0 Å². The van der Waals surface area contributed by atoms with Gasteiger partial charge < -0.3 is 10.5 Å². The first-order chi connectivity index (χ1) is 4.57. The van der Waals surface area contributed by atoms with E-state index in [-0.39, 0.29) is 0 Å². The summed E-state index contributed by atoms with van der Waals surface area (Å²) in [5.74, 6) is -2.33. The molecule has 3 amide bonds. The van der Waals surface area contributed by atoms with E-state index in [1.807, 2.05) is 0 Å². The standard InChI is InChI=1S/C4H6N2O4/c1-10-3(8)2(7)6-4(5)9/h1H3,(H3,5,6,7,9). The van der Waals surface area contributed by atoms with Crippen LogP contribution in [-0.4, -0.2) is 25.0 Å². The molecule has 0 aromatic carbocycles. The highest BCUT2D eigenvalue weighted by molar-refractivity contribution is 6.35. The SMILES string of the molecule is COC(=O)C(=O)NC(N)=O. The third-order valence-corrected chi connectivity index (χ3v) is 0.608. The predicted molar refractivity (Wildman–Crippen MR) is 29.7 cm³/mol. The van der Waals surface area contributed by atoms with E-state index in [9.17, 15) is 14.4 Å². The number of imide groups is 1. The minimum atomic E-state index is -1.17. The molecule has 0 radical (unpaired) electrons. The van der Waals surface area contributed by atoms with Crippen molar-refractivity contribution in [3.63, 3.8) is 0 Å². The summed E-state index contributed by atoms with van der Waals surface area (Å²) in [5.41, 5.74) is 4.51. The molecule has 3 N–H and O–H groups in total. The first kappa shape index (κ1) is 8.41. The van der Waals surface area contributed by atoms with Crippen LogP contribution < -0.4 is 11.1 Å². The first-order valence-corrected chi connectivity index (χ1v) is 2.26. The molecule has 0 fully saturated rings. The smallest absolute Gasteiger partial charge is 0.397 e. The van der Waals surface area contributed by atoms with Gasteiger partial charge in [-0.25, -0.2) is 9.59 Å². The monoisotopic (exact) mass is 146 g/mol. The lowest BCUT2D eigenvalue weighted by atomic mass is 10.6. The van der Waals surface area contributed by atoms with E-state index in [0.717, 1.165) is 7.11 Å². The van der Waals surface area contributed by atoms with Crippen LogP contribution in [0.3, 0.4) is 0 Å². The van der Waals surface area contributed by atoms with E-state index in [1.54, 1.807) is 0 Å². The Morgan fingerprint density at radius 3 is 2.20 bits per heavy atom. The highest BCUT2D eigenvalue weighted by atomic mass is 16.5. The number of ether oxygens (including phenoxy) is 1. The van der Waals surface area contributed by atoms with Crippen molar-refractivity contribution in [3.05, 3.63) is 0 Å². The Hall–Kier alpha value is -1.59. The summed E-state index contributed by atoms with van der Waals surface area (Å²) in [5, 5.41) is 1.52. The lowest BCUT2D eigenvalue weighted by Gasteiger charge is -1.95. The van der Waals surface area contributed by atoms with Crippen molar-refractivity contribution in [1.82, 2.24) is 5.32 Å². The highest BCUT2D eigenvalue weighted by Crippen LogP contribution is 1.71. The number of amides is 3. The van der Waals surface area contributed by atoms with E-state index in [1.165, 1.54) is 5.32 Å². The Balaban J connectivity index is 3.86. The second-order valence-electron chi connectivity index (χ2n) is 1.31. The summed E-state index contributed by atoms with van der Waals surface area (Å²) < 4.78 is 3.95. The zero-order valence-electron chi connectivity index (χ0n) is 5.21. The van der Waals surface area contributed by atoms with Crippen LogP contribution in [0.15, 0.2) is 0 Å². The molecule has 0 aliphatic rings. The molecule has 0 aromatic heterocycles. The number of carbonyl (C=O) groups is 3. The molecule has 0 aliphatic heterocycles. The number of hydrogen-bond acceptors (Lipinski definition) is 4. The molecular weight excluding hydrogens is 140 g/mol. The molecule has 0 saturated carbocycles. The summed E-state index contributed by atoms with van der Waals surface area (Å²) in [6.45, 7) is 0. The van der Waals surface area contributed by atoms with Crippen molar-refractivity contribution in [2.45, 2.75) is 0 Å². The van der Waals surface area contributed by atoms with Crippen molar-refractivity contribution in [3.8, 4) is 0 Å². The first-order valence-electron chi connectivity index (χ1n) is 2.26.